The van der Waals surface area contributed by atoms with Gasteiger partial charge in [0.25, 0.3) is 0 Å². The third kappa shape index (κ3) is 2.27. The molecule has 0 spiro atoms. The van der Waals surface area contributed by atoms with Crippen molar-refractivity contribution in [1.82, 2.24) is 24.7 Å². The minimum absolute atomic E-state index is 0.302. The Morgan fingerprint density at radius 2 is 2.14 bits per heavy atom. The molecule has 3 aromatic rings. The summed E-state index contributed by atoms with van der Waals surface area (Å²) >= 11 is 3.53. The Labute approximate surface area is 129 Å². The van der Waals surface area contributed by atoms with Crippen molar-refractivity contribution in [3.05, 3.63) is 41.2 Å². The highest BCUT2D eigenvalue weighted by Gasteiger charge is 2.20. The topological polar surface area (TPSA) is 68.5 Å². The van der Waals surface area contributed by atoms with Gasteiger partial charge in [-0.25, -0.2) is 19.6 Å². The SMILES string of the molecule is Brc1cccc2c(NC3CCc4ncnn4C3)ncnc12. The highest BCUT2D eigenvalue weighted by atomic mass is 79.9. The van der Waals surface area contributed by atoms with Crippen LogP contribution in [0.25, 0.3) is 10.9 Å². The Morgan fingerprint density at radius 3 is 3.10 bits per heavy atom. The molecule has 1 unspecified atom stereocenters. The number of nitrogens with zero attached hydrogens (tertiary/aromatic N) is 5. The Morgan fingerprint density at radius 1 is 1.19 bits per heavy atom. The van der Waals surface area contributed by atoms with E-state index in [0.29, 0.717) is 6.04 Å². The van der Waals surface area contributed by atoms with Crippen molar-refractivity contribution in [2.24, 2.45) is 0 Å². The van der Waals surface area contributed by atoms with Crippen molar-refractivity contribution in [1.29, 1.82) is 0 Å². The summed E-state index contributed by atoms with van der Waals surface area (Å²) in [4.78, 5) is 13.0. The largest absolute Gasteiger partial charge is 0.365 e. The Hall–Kier alpha value is -2.02. The number of hydrogen-bond donors (Lipinski definition) is 1. The lowest BCUT2D eigenvalue weighted by molar-refractivity contribution is 0.441. The lowest BCUT2D eigenvalue weighted by atomic mass is 10.1. The number of hydrogen-bond acceptors (Lipinski definition) is 5. The first-order valence-corrected chi connectivity index (χ1v) is 7.63. The van der Waals surface area contributed by atoms with Crippen LogP contribution in [0, 0.1) is 0 Å². The molecule has 6 nitrogen and oxygen atoms in total. The van der Waals surface area contributed by atoms with E-state index in [0.717, 1.165) is 46.4 Å². The molecular weight excluding hydrogens is 332 g/mol. The molecule has 1 N–H and O–H groups in total. The zero-order valence-corrected chi connectivity index (χ0v) is 12.8. The van der Waals surface area contributed by atoms with Crippen LogP contribution in [0.5, 0.6) is 0 Å². The first-order chi connectivity index (χ1) is 10.3. The highest BCUT2D eigenvalue weighted by Crippen LogP contribution is 2.27. The molecule has 1 aliphatic rings. The summed E-state index contributed by atoms with van der Waals surface area (Å²) in [6.07, 6.45) is 5.18. The molecule has 4 rings (SSSR count). The Balaban J connectivity index is 1.65. The lowest BCUT2D eigenvalue weighted by Crippen LogP contribution is -2.32. The van der Waals surface area contributed by atoms with Gasteiger partial charge in [0.05, 0.1) is 12.1 Å². The van der Waals surface area contributed by atoms with Crippen molar-refractivity contribution in [2.75, 3.05) is 5.32 Å². The summed E-state index contributed by atoms with van der Waals surface area (Å²) < 4.78 is 2.94. The lowest BCUT2D eigenvalue weighted by Gasteiger charge is -2.24. The van der Waals surface area contributed by atoms with Gasteiger partial charge in [-0.2, -0.15) is 5.10 Å². The van der Waals surface area contributed by atoms with E-state index in [9.17, 15) is 0 Å². The van der Waals surface area contributed by atoms with E-state index >= 15 is 0 Å². The van der Waals surface area contributed by atoms with Gasteiger partial charge in [0.15, 0.2) is 0 Å². The minimum Gasteiger partial charge on any atom is -0.365 e. The number of nitrogens with one attached hydrogen (secondary N) is 1. The fraction of sp³-hybridized carbons (Fsp3) is 0.286. The van der Waals surface area contributed by atoms with Gasteiger partial charge in [0, 0.05) is 22.3 Å². The molecule has 106 valence electrons. The number of halogens is 1. The average molecular weight is 345 g/mol. The van der Waals surface area contributed by atoms with E-state index in [2.05, 4.69) is 41.3 Å². The highest BCUT2D eigenvalue weighted by molar-refractivity contribution is 9.10. The smallest absolute Gasteiger partial charge is 0.138 e. The van der Waals surface area contributed by atoms with Gasteiger partial charge in [0.2, 0.25) is 0 Å². The number of para-hydroxylation sites is 1. The predicted molar refractivity (Wildman–Crippen MR) is 83.0 cm³/mol. The van der Waals surface area contributed by atoms with Crippen molar-refractivity contribution in [2.45, 2.75) is 25.4 Å². The molecule has 0 saturated carbocycles. The third-order valence-corrected chi connectivity index (χ3v) is 4.40. The van der Waals surface area contributed by atoms with Crippen LogP contribution in [0.1, 0.15) is 12.2 Å². The van der Waals surface area contributed by atoms with Gasteiger partial charge in [-0.1, -0.05) is 6.07 Å². The zero-order chi connectivity index (χ0) is 14.2. The second-order valence-corrected chi connectivity index (χ2v) is 5.95. The fourth-order valence-electron chi connectivity index (χ4n) is 2.72. The number of rotatable bonds is 2. The van der Waals surface area contributed by atoms with E-state index in [1.807, 2.05) is 22.9 Å². The third-order valence-electron chi connectivity index (χ3n) is 3.76. The summed E-state index contributed by atoms with van der Waals surface area (Å²) in [5.74, 6) is 1.93. The monoisotopic (exact) mass is 344 g/mol. The van der Waals surface area contributed by atoms with Crippen molar-refractivity contribution in [3.8, 4) is 0 Å². The molecule has 7 heteroatoms. The molecule has 0 fully saturated rings. The zero-order valence-electron chi connectivity index (χ0n) is 11.2. The van der Waals surface area contributed by atoms with E-state index in [1.54, 1.807) is 12.7 Å². The quantitative estimate of drug-likeness (QED) is 0.773. The molecule has 0 aliphatic carbocycles. The molecule has 1 aliphatic heterocycles. The Kier molecular flexibility index (Phi) is 3.07. The van der Waals surface area contributed by atoms with Crippen LogP contribution in [-0.2, 0) is 13.0 Å². The molecule has 0 bridgehead atoms. The van der Waals surface area contributed by atoms with Crippen LogP contribution in [0.4, 0.5) is 5.82 Å². The van der Waals surface area contributed by atoms with Crippen molar-refractivity contribution >= 4 is 32.7 Å². The summed E-state index contributed by atoms with van der Waals surface area (Å²) in [5.41, 5.74) is 0.923. The molecule has 0 amide bonds. The average Bonchev–Trinajstić information content (AvgIpc) is 2.96. The van der Waals surface area contributed by atoms with Gasteiger partial charge in [-0.05, 0) is 34.5 Å². The Bertz CT molecular complexity index is 799. The predicted octanol–water partition coefficient (Wildman–Crippen LogP) is 2.41. The van der Waals surface area contributed by atoms with Crippen LogP contribution < -0.4 is 5.32 Å². The van der Waals surface area contributed by atoms with Crippen LogP contribution in [-0.4, -0.2) is 30.8 Å². The second kappa shape index (κ2) is 5.07. The van der Waals surface area contributed by atoms with Crippen LogP contribution in [0.15, 0.2) is 35.3 Å². The van der Waals surface area contributed by atoms with Crippen LogP contribution >= 0.6 is 15.9 Å². The molecule has 0 saturated heterocycles. The minimum atomic E-state index is 0.302. The number of fused-ring (bicyclic) bond motifs is 2. The summed E-state index contributed by atoms with van der Waals surface area (Å²) in [7, 11) is 0. The van der Waals surface area contributed by atoms with Crippen LogP contribution in [0.2, 0.25) is 0 Å². The fourth-order valence-corrected chi connectivity index (χ4v) is 3.18. The molecule has 21 heavy (non-hydrogen) atoms. The molecule has 2 aromatic heterocycles. The molecule has 0 radical (unpaired) electrons. The van der Waals surface area contributed by atoms with Crippen molar-refractivity contribution in [3.63, 3.8) is 0 Å². The second-order valence-electron chi connectivity index (χ2n) is 5.10. The molecular formula is C14H13BrN6. The first-order valence-electron chi connectivity index (χ1n) is 6.84. The molecule has 1 aromatic carbocycles. The van der Waals surface area contributed by atoms with Gasteiger partial charge in [0.1, 0.15) is 24.3 Å². The first kappa shape index (κ1) is 12.7. The van der Waals surface area contributed by atoms with Crippen molar-refractivity contribution < 1.29 is 0 Å². The van der Waals surface area contributed by atoms with E-state index in [-0.39, 0.29) is 0 Å². The number of aromatic nitrogens is 5. The number of anilines is 1. The van der Waals surface area contributed by atoms with E-state index < -0.39 is 0 Å². The maximum atomic E-state index is 4.40. The van der Waals surface area contributed by atoms with Crippen LogP contribution in [0.3, 0.4) is 0 Å². The summed E-state index contributed by atoms with van der Waals surface area (Å²) in [6, 6.07) is 6.32. The molecule has 1 atom stereocenters. The maximum Gasteiger partial charge on any atom is 0.138 e. The maximum absolute atomic E-state index is 4.40. The van der Waals surface area contributed by atoms with Gasteiger partial charge >= 0.3 is 0 Å². The number of benzene rings is 1. The van der Waals surface area contributed by atoms with E-state index in [4.69, 9.17) is 0 Å². The van der Waals surface area contributed by atoms with Gasteiger partial charge < -0.3 is 5.32 Å². The number of aryl methyl sites for hydroxylation is 1. The van der Waals surface area contributed by atoms with Gasteiger partial charge in [-0.3, -0.25) is 0 Å². The van der Waals surface area contributed by atoms with E-state index in [1.165, 1.54) is 0 Å². The summed E-state index contributed by atoms with van der Waals surface area (Å²) in [6.45, 7) is 0.814. The molecule has 3 heterocycles. The van der Waals surface area contributed by atoms with Gasteiger partial charge in [-0.15, -0.1) is 0 Å². The normalized spacial score (nSPS) is 17.7. The standard InChI is InChI=1S/C14H13BrN6/c15-11-3-1-2-10-13(11)17-7-18-14(10)20-9-4-5-12-16-8-19-21(12)6-9/h1-3,7-9H,4-6H2,(H,17,18,20). The summed E-state index contributed by atoms with van der Waals surface area (Å²) in [5, 5.41) is 8.80.